The summed E-state index contributed by atoms with van der Waals surface area (Å²) in [5, 5.41) is 3.53. The molecule has 2 heteroatoms. The summed E-state index contributed by atoms with van der Waals surface area (Å²) in [6.07, 6.45) is 9.22. The molecule has 1 aliphatic carbocycles. The largest absolute Gasteiger partial charge is 0.491 e. The van der Waals surface area contributed by atoms with Gasteiger partial charge in [-0.2, -0.15) is 0 Å². The lowest BCUT2D eigenvalue weighted by molar-refractivity contribution is 0.242. The van der Waals surface area contributed by atoms with Crippen LogP contribution in [0.2, 0.25) is 0 Å². The fourth-order valence-electron chi connectivity index (χ4n) is 2.57. The van der Waals surface area contributed by atoms with Gasteiger partial charge < -0.3 is 10.1 Å². The van der Waals surface area contributed by atoms with Gasteiger partial charge in [0.2, 0.25) is 0 Å². The summed E-state index contributed by atoms with van der Waals surface area (Å²) in [4.78, 5) is 0. The molecule has 1 aliphatic rings. The lowest BCUT2D eigenvalue weighted by Gasteiger charge is -2.13. The smallest absolute Gasteiger partial charge is 0.119 e. The summed E-state index contributed by atoms with van der Waals surface area (Å²) >= 11 is 0. The van der Waals surface area contributed by atoms with Crippen LogP contribution in [0.3, 0.4) is 0 Å². The molecule has 2 nitrogen and oxygen atoms in total. The predicted molar refractivity (Wildman–Crippen MR) is 85.1 cm³/mol. The number of allylic oxidation sites excluding steroid dienone is 1. The second kappa shape index (κ2) is 8.11. The molecule has 1 N–H and O–H groups in total. The van der Waals surface area contributed by atoms with Crippen LogP contribution in [0.4, 0.5) is 0 Å². The van der Waals surface area contributed by atoms with Crippen LogP contribution in [0.1, 0.15) is 51.5 Å². The number of hydrogen-bond acceptors (Lipinski definition) is 2. The summed E-state index contributed by atoms with van der Waals surface area (Å²) in [5.74, 6) is 0.955. The minimum absolute atomic E-state index is 0.239. The van der Waals surface area contributed by atoms with Gasteiger partial charge in [-0.15, -0.1) is 0 Å². The van der Waals surface area contributed by atoms with Crippen molar-refractivity contribution >= 4 is 0 Å². The van der Waals surface area contributed by atoms with Gasteiger partial charge in [-0.3, -0.25) is 0 Å². The molecule has 1 aromatic carbocycles. The quantitative estimate of drug-likeness (QED) is 0.585. The minimum atomic E-state index is 0.239. The molecule has 0 aliphatic heterocycles. The first-order valence-corrected chi connectivity index (χ1v) is 7.88. The molecule has 0 atom stereocenters. The van der Waals surface area contributed by atoms with Gasteiger partial charge in [0.1, 0.15) is 5.75 Å². The molecule has 1 aromatic rings. The molecule has 0 aromatic heterocycles. The van der Waals surface area contributed by atoms with E-state index in [-0.39, 0.29) is 6.10 Å². The average molecular weight is 273 g/mol. The van der Waals surface area contributed by atoms with Crippen LogP contribution in [0.15, 0.2) is 35.9 Å². The molecule has 0 fully saturated rings. The van der Waals surface area contributed by atoms with E-state index in [9.17, 15) is 0 Å². The Hall–Kier alpha value is -1.28. The maximum Gasteiger partial charge on any atom is 0.119 e. The highest BCUT2D eigenvalue weighted by atomic mass is 16.5. The van der Waals surface area contributed by atoms with Crippen LogP contribution in [0.5, 0.6) is 5.75 Å². The van der Waals surface area contributed by atoms with Crippen LogP contribution in [-0.2, 0) is 6.54 Å². The average Bonchev–Trinajstić information content (AvgIpc) is 2.46. The Morgan fingerprint density at radius 2 is 1.95 bits per heavy atom. The van der Waals surface area contributed by atoms with E-state index in [1.54, 1.807) is 5.57 Å². The van der Waals surface area contributed by atoms with Gasteiger partial charge in [-0.25, -0.2) is 0 Å². The van der Waals surface area contributed by atoms with Gasteiger partial charge >= 0.3 is 0 Å². The Labute approximate surface area is 123 Å². The Bertz CT molecular complexity index is 420. The van der Waals surface area contributed by atoms with Crippen molar-refractivity contribution in [1.82, 2.24) is 5.32 Å². The second-order valence-corrected chi connectivity index (χ2v) is 5.85. The van der Waals surface area contributed by atoms with Crippen LogP contribution in [0, 0.1) is 0 Å². The zero-order valence-electron chi connectivity index (χ0n) is 12.8. The Kier molecular flexibility index (Phi) is 6.13. The van der Waals surface area contributed by atoms with Gasteiger partial charge in [0.05, 0.1) is 6.10 Å². The van der Waals surface area contributed by atoms with Crippen molar-refractivity contribution in [2.45, 2.75) is 58.6 Å². The van der Waals surface area contributed by atoms with Crippen LogP contribution >= 0.6 is 0 Å². The van der Waals surface area contributed by atoms with E-state index in [1.807, 2.05) is 0 Å². The molecule has 0 spiro atoms. The molecule has 20 heavy (non-hydrogen) atoms. The van der Waals surface area contributed by atoms with Crippen LogP contribution in [-0.4, -0.2) is 12.6 Å². The Morgan fingerprint density at radius 3 is 2.60 bits per heavy atom. The number of ether oxygens (including phenoxy) is 1. The number of hydrogen-bond donors (Lipinski definition) is 1. The highest BCUT2D eigenvalue weighted by molar-refractivity contribution is 5.27. The van der Waals surface area contributed by atoms with Gasteiger partial charge in [0, 0.05) is 6.54 Å². The summed E-state index contributed by atoms with van der Waals surface area (Å²) in [6.45, 7) is 6.12. The van der Waals surface area contributed by atoms with E-state index in [4.69, 9.17) is 4.74 Å². The van der Waals surface area contributed by atoms with E-state index in [1.165, 1.54) is 37.7 Å². The minimum Gasteiger partial charge on any atom is -0.491 e. The highest BCUT2D eigenvalue weighted by Crippen LogP contribution is 2.19. The van der Waals surface area contributed by atoms with E-state index in [0.29, 0.717) is 0 Å². The van der Waals surface area contributed by atoms with Gasteiger partial charge in [0.25, 0.3) is 0 Å². The van der Waals surface area contributed by atoms with Crippen LogP contribution in [0.25, 0.3) is 0 Å². The van der Waals surface area contributed by atoms with Crippen molar-refractivity contribution in [1.29, 1.82) is 0 Å². The third-order valence-electron chi connectivity index (χ3n) is 3.63. The molecule has 0 bridgehead atoms. The number of nitrogens with one attached hydrogen (secondary N) is 1. The topological polar surface area (TPSA) is 21.3 Å². The normalized spacial score (nSPS) is 15.2. The monoisotopic (exact) mass is 273 g/mol. The first-order chi connectivity index (χ1) is 9.74. The number of rotatable bonds is 7. The van der Waals surface area contributed by atoms with E-state index in [0.717, 1.165) is 18.8 Å². The van der Waals surface area contributed by atoms with Gasteiger partial charge in [0.15, 0.2) is 0 Å². The first-order valence-electron chi connectivity index (χ1n) is 7.88. The summed E-state index contributed by atoms with van der Waals surface area (Å²) < 4.78 is 5.65. The molecule has 0 amide bonds. The maximum absolute atomic E-state index is 5.65. The molecule has 0 saturated heterocycles. The van der Waals surface area contributed by atoms with E-state index < -0.39 is 0 Å². The zero-order valence-corrected chi connectivity index (χ0v) is 12.8. The van der Waals surface area contributed by atoms with Gasteiger partial charge in [-0.05, 0) is 70.2 Å². The molecular weight excluding hydrogens is 246 g/mol. The molecule has 0 heterocycles. The molecule has 0 unspecified atom stereocenters. The van der Waals surface area contributed by atoms with Crippen molar-refractivity contribution in [3.8, 4) is 5.75 Å². The zero-order chi connectivity index (χ0) is 14.2. The molecular formula is C18H27NO. The maximum atomic E-state index is 5.65. The fourth-order valence-corrected chi connectivity index (χ4v) is 2.57. The summed E-state index contributed by atoms with van der Waals surface area (Å²) in [6, 6.07) is 8.40. The molecule has 110 valence electrons. The fraction of sp³-hybridized carbons (Fsp3) is 0.556. The van der Waals surface area contributed by atoms with Crippen molar-refractivity contribution in [3.05, 3.63) is 41.5 Å². The summed E-state index contributed by atoms with van der Waals surface area (Å²) in [5.41, 5.74) is 2.96. The van der Waals surface area contributed by atoms with E-state index >= 15 is 0 Å². The third-order valence-corrected chi connectivity index (χ3v) is 3.63. The lowest BCUT2D eigenvalue weighted by Crippen LogP contribution is -2.15. The van der Waals surface area contributed by atoms with Gasteiger partial charge in [-0.1, -0.05) is 23.8 Å². The third kappa shape index (κ3) is 5.38. The lowest BCUT2D eigenvalue weighted by atomic mass is 9.97. The van der Waals surface area contributed by atoms with Crippen LogP contribution < -0.4 is 10.1 Å². The van der Waals surface area contributed by atoms with E-state index in [2.05, 4.69) is 49.5 Å². The van der Waals surface area contributed by atoms with Crippen molar-refractivity contribution in [3.63, 3.8) is 0 Å². The molecule has 2 rings (SSSR count). The highest BCUT2D eigenvalue weighted by Gasteiger charge is 2.03. The Morgan fingerprint density at radius 1 is 1.15 bits per heavy atom. The van der Waals surface area contributed by atoms with Crippen molar-refractivity contribution in [2.75, 3.05) is 6.54 Å². The molecule has 0 radical (unpaired) electrons. The Balaban J connectivity index is 1.67. The summed E-state index contributed by atoms with van der Waals surface area (Å²) in [7, 11) is 0. The van der Waals surface area contributed by atoms with Crippen molar-refractivity contribution in [2.24, 2.45) is 0 Å². The standard InChI is InChI=1S/C18H27NO/c1-15(2)20-18-10-8-17(9-11-18)14-19-13-12-16-6-4-3-5-7-16/h6,8-11,15,19H,3-5,7,12-14H2,1-2H3. The molecule has 0 saturated carbocycles. The second-order valence-electron chi connectivity index (χ2n) is 5.85. The number of benzene rings is 1. The van der Waals surface area contributed by atoms with Crippen molar-refractivity contribution < 1.29 is 4.74 Å². The predicted octanol–water partition coefficient (Wildman–Crippen LogP) is 4.45. The SMILES string of the molecule is CC(C)Oc1ccc(CNCCC2=CCCCC2)cc1. The first kappa shape index (κ1) is 15.1.